The van der Waals surface area contributed by atoms with Crippen molar-refractivity contribution in [2.24, 2.45) is 0 Å². The van der Waals surface area contributed by atoms with Crippen LogP contribution in [0.1, 0.15) is 18.4 Å². The first-order valence-electron chi connectivity index (χ1n) is 6.45. The van der Waals surface area contributed by atoms with Gasteiger partial charge in [0.25, 0.3) is 0 Å². The Hall–Kier alpha value is -1.64. The van der Waals surface area contributed by atoms with Gasteiger partial charge < -0.3 is 14.4 Å². The highest BCUT2D eigenvalue weighted by molar-refractivity contribution is 5.59. The van der Waals surface area contributed by atoms with E-state index in [0.29, 0.717) is 25.3 Å². The molecule has 0 saturated carbocycles. The quantitative estimate of drug-likeness (QED) is 0.777. The normalized spacial score (nSPS) is 21.6. The predicted molar refractivity (Wildman–Crippen MR) is 67.2 cm³/mol. The zero-order chi connectivity index (χ0) is 13.3. The van der Waals surface area contributed by atoms with Crippen LogP contribution in [0.25, 0.3) is 0 Å². The van der Waals surface area contributed by atoms with E-state index in [2.05, 4.69) is 0 Å². The zero-order valence-electron chi connectivity index (χ0n) is 10.6. The van der Waals surface area contributed by atoms with E-state index in [1.807, 2.05) is 11.0 Å². The number of hydrogen-bond acceptors (Lipinski definition) is 4. The fraction of sp³-hybridized carbons (Fsp3) is 0.500. The maximum atomic E-state index is 13.2. The van der Waals surface area contributed by atoms with E-state index < -0.39 is 5.79 Å². The lowest BCUT2D eigenvalue weighted by Gasteiger charge is -2.40. The Morgan fingerprint density at radius 1 is 1.32 bits per heavy atom. The Labute approximate surface area is 111 Å². The van der Waals surface area contributed by atoms with Gasteiger partial charge in [-0.15, -0.1) is 0 Å². The number of nitriles is 1. The van der Waals surface area contributed by atoms with Crippen LogP contribution in [0.5, 0.6) is 0 Å². The summed E-state index contributed by atoms with van der Waals surface area (Å²) in [6, 6.07) is 6.36. The standard InChI is InChI=1S/C14H15FN2O2/c15-12-2-3-13(11(8-12)9-16)17-5-1-4-14(10-17)18-6-7-19-14/h2-3,8H,1,4-7,10H2. The Morgan fingerprint density at radius 2 is 2.11 bits per heavy atom. The molecule has 1 aromatic carbocycles. The molecule has 2 fully saturated rings. The number of benzene rings is 1. The van der Waals surface area contributed by atoms with E-state index in [-0.39, 0.29) is 5.82 Å². The van der Waals surface area contributed by atoms with Crippen LogP contribution in [0.4, 0.5) is 10.1 Å². The van der Waals surface area contributed by atoms with E-state index in [9.17, 15) is 4.39 Å². The van der Waals surface area contributed by atoms with E-state index in [4.69, 9.17) is 14.7 Å². The van der Waals surface area contributed by atoms with Gasteiger partial charge in [0.05, 0.1) is 31.0 Å². The van der Waals surface area contributed by atoms with Crippen molar-refractivity contribution < 1.29 is 13.9 Å². The monoisotopic (exact) mass is 262 g/mol. The number of ether oxygens (including phenoxy) is 2. The van der Waals surface area contributed by atoms with Crippen LogP contribution in [-0.2, 0) is 9.47 Å². The minimum absolute atomic E-state index is 0.357. The van der Waals surface area contributed by atoms with Crippen molar-refractivity contribution in [3.8, 4) is 6.07 Å². The fourth-order valence-electron chi connectivity index (χ4n) is 2.80. The highest BCUT2D eigenvalue weighted by Crippen LogP contribution is 2.33. The third kappa shape index (κ3) is 2.29. The lowest BCUT2D eigenvalue weighted by Crippen LogP contribution is -2.49. The van der Waals surface area contributed by atoms with Crippen molar-refractivity contribution in [1.29, 1.82) is 5.26 Å². The SMILES string of the molecule is N#Cc1cc(F)ccc1N1CCCC2(C1)OCCO2. The van der Waals surface area contributed by atoms with Crippen LogP contribution in [0.15, 0.2) is 18.2 Å². The van der Waals surface area contributed by atoms with Crippen LogP contribution in [0, 0.1) is 17.1 Å². The number of rotatable bonds is 1. The van der Waals surface area contributed by atoms with Crippen LogP contribution >= 0.6 is 0 Å². The topological polar surface area (TPSA) is 45.5 Å². The molecule has 19 heavy (non-hydrogen) atoms. The molecule has 1 spiro atoms. The molecule has 0 N–H and O–H groups in total. The summed E-state index contributed by atoms with van der Waals surface area (Å²) >= 11 is 0. The second-order valence-corrected chi connectivity index (χ2v) is 4.91. The Kier molecular flexibility index (Phi) is 3.13. The Bertz CT molecular complexity index is 521. The summed E-state index contributed by atoms with van der Waals surface area (Å²) < 4.78 is 24.6. The van der Waals surface area contributed by atoms with Crippen molar-refractivity contribution in [2.75, 3.05) is 31.2 Å². The molecule has 4 nitrogen and oxygen atoms in total. The summed E-state index contributed by atoms with van der Waals surface area (Å²) in [7, 11) is 0. The molecule has 2 aliphatic rings. The molecule has 2 saturated heterocycles. The van der Waals surface area contributed by atoms with E-state index >= 15 is 0 Å². The number of piperidine rings is 1. The lowest BCUT2D eigenvalue weighted by molar-refractivity contribution is -0.161. The summed E-state index contributed by atoms with van der Waals surface area (Å²) in [4.78, 5) is 2.05. The van der Waals surface area contributed by atoms with Crippen molar-refractivity contribution in [3.63, 3.8) is 0 Å². The first-order valence-corrected chi connectivity index (χ1v) is 6.45. The average Bonchev–Trinajstić information content (AvgIpc) is 2.86. The molecule has 0 amide bonds. The molecule has 1 aromatic rings. The van der Waals surface area contributed by atoms with Crippen molar-refractivity contribution in [3.05, 3.63) is 29.6 Å². The highest BCUT2D eigenvalue weighted by atomic mass is 19.1. The molecule has 2 heterocycles. The summed E-state index contributed by atoms with van der Waals surface area (Å²) in [5, 5.41) is 9.12. The second kappa shape index (κ2) is 4.80. The molecule has 0 radical (unpaired) electrons. The molecular formula is C14H15FN2O2. The Balaban J connectivity index is 1.88. The van der Waals surface area contributed by atoms with Gasteiger partial charge in [-0.05, 0) is 24.6 Å². The van der Waals surface area contributed by atoms with Gasteiger partial charge in [0.1, 0.15) is 11.9 Å². The minimum Gasteiger partial charge on any atom is -0.365 e. The maximum Gasteiger partial charge on any atom is 0.186 e. The first-order chi connectivity index (χ1) is 9.22. The third-order valence-electron chi connectivity index (χ3n) is 3.65. The maximum absolute atomic E-state index is 13.2. The Morgan fingerprint density at radius 3 is 2.84 bits per heavy atom. The summed E-state index contributed by atoms with van der Waals surface area (Å²) in [5.41, 5.74) is 1.11. The molecule has 100 valence electrons. The average molecular weight is 262 g/mol. The van der Waals surface area contributed by atoms with Crippen molar-refractivity contribution in [1.82, 2.24) is 0 Å². The largest absolute Gasteiger partial charge is 0.365 e. The molecule has 0 unspecified atom stereocenters. The molecule has 0 bridgehead atoms. The van der Waals surface area contributed by atoms with E-state index in [1.165, 1.54) is 12.1 Å². The van der Waals surface area contributed by atoms with Gasteiger partial charge in [0.2, 0.25) is 0 Å². The number of halogens is 1. The van der Waals surface area contributed by atoms with E-state index in [0.717, 1.165) is 25.1 Å². The highest BCUT2D eigenvalue weighted by Gasteiger charge is 2.41. The molecule has 0 aromatic heterocycles. The van der Waals surface area contributed by atoms with Crippen molar-refractivity contribution in [2.45, 2.75) is 18.6 Å². The van der Waals surface area contributed by atoms with Gasteiger partial charge in [-0.2, -0.15) is 5.26 Å². The van der Waals surface area contributed by atoms with Crippen LogP contribution in [0.3, 0.4) is 0 Å². The number of anilines is 1. The number of nitrogens with zero attached hydrogens (tertiary/aromatic N) is 2. The first kappa shape index (κ1) is 12.4. The lowest BCUT2D eigenvalue weighted by atomic mass is 10.0. The molecule has 2 aliphatic heterocycles. The summed E-state index contributed by atoms with van der Waals surface area (Å²) in [5.74, 6) is -0.931. The third-order valence-corrected chi connectivity index (χ3v) is 3.65. The van der Waals surface area contributed by atoms with Crippen LogP contribution in [0.2, 0.25) is 0 Å². The van der Waals surface area contributed by atoms with Crippen molar-refractivity contribution >= 4 is 5.69 Å². The smallest absolute Gasteiger partial charge is 0.186 e. The van der Waals surface area contributed by atoms with Crippen LogP contribution < -0.4 is 4.90 Å². The van der Waals surface area contributed by atoms with Gasteiger partial charge in [-0.3, -0.25) is 0 Å². The molecule has 3 rings (SSSR count). The van der Waals surface area contributed by atoms with Gasteiger partial charge in [0.15, 0.2) is 5.79 Å². The summed E-state index contributed by atoms with van der Waals surface area (Å²) in [6.45, 7) is 2.65. The van der Waals surface area contributed by atoms with Crippen LogP contribution in [-0.4, -0.2) is 32.1 Å². The summed E-state index contributed by atoms with van der Waals surface area (Å²) in [6.07, 6.45) is 1.80. The zero-order valence-corrected chi connectivity index (χ0v) is 10.6. The molecular weight excluding hydrogens is 247 g/mol. The van der Waals surface area contributed by atoms with Gasteiger partial charge in [-0.1, -0.05) is 0 Å². The fourth-order valence-corrected chi connectivity index (χ4v) is 2.80. The van der Waals surface area contributed by atoms with Gasteiger partial charge >= 0.3 is 0 Å². The van der Waals surface area contributed by atoms with Gasteiger partial charge in [0, 0.05) is 13.0 Å². The van der Waals surface area contributed by atoms with E-state index in [1.54, 1.807) is 6.07 Å². The molecule has 0 aliphatic carbocycles. The predicted octanol–water partition coefficient (Wildman–Crippen LogP) is 2.04. The molecule has 5 heteroatoms. The minimum atomic E-state index is -0.542. The second-order valence-electron chi connectivity index (χ2n) is 4.91. The van der Waals surface area contributed by atoms with Gasteiger partial charge in [-0.25, -0.2) is 4.39 Å². The molecule has 0 atom stereocenters. The number of hydrogen-bond donors (Lipinski definition) is 0.